The third kappa shape index (κ3) is 4.64. The predicted molar refractivity (Wildman–Crippen MR) is 68.8 cm³/mol. The number of likely N-dealkylation sites (N-methyl/N-ethyl adjacent to an activating group) is 1. The molecule has 1 fully saturated rings. The Balaban J connectivity index is 2.37. The van der Waals surface area contributed by atoms with Crippen molar-refractivity contribution in [2.24, 2.45) is 5.92 Å². The second-order valence-electron chi connectivity index (χ2n) is 4.82. The molecule has 0 bridgehead atoms. The van der Waals surface area contributed by atoms with Crippen molar-refractivity contribution in [1.29, 1.82) is 0 Å². The quantitative estimate of drug-likeness (QED) is 0.754. The molecule has 17 heavy (non-hydrogen) atoms. The molecule has 0 aromatic heterocycles. The summed E-state index contributed by atoms with van der Waals surface area (Å²) in [7, 11) is 0. The second-order valence-corrected chi connectivity index (χ2v) is 4.82. The van der Waals surface area contributed by atoms with Gasteiger partial charge in [-0.05, 0) is 45.6 Å². The molecule has 100 valence electrons. The van der Waals surface area contributed by atoms with Crippen LogP contribution < -0.4 is 0 Å². The maximum absolute atomic E-state index is 12.0. The molecule has 0 aromatic carbocycles. The maximum Gasteiger partial charge on any atom is 0.236 e. The van der Waals surface area contributed by atoms with E-state index in [0.717, 1.165) is 39.0 Å². The van der Waals surface area contributed by atoms with E-state index in [2.05, 4.69) is 4.90 Å². The fraction of sp³-hybridized carbons (Fsp3) is 0.923. The van der Waals surface area contributed by atoms with Crippen LogP contribution in [-0.2, 0) is 4.79 Å². The monoisotopic (exact) mass is 242 g/mol. The average Bonchev–Trinajstić information content (AvgIpc) is 2.31. The van der Waals surface area contributed by atoms with Gasteiger partial charge in [0.25, 0.3) is 0 Å². The molecule has 1 amide bonds. The van der Waals surface area contributed by atoms with Crippen LogP contribution in [0, 0.1) is 5.92 Å². The average molecular weight is 242 g/mol. The molecule has 1 atom stereocenters. The second kappa shape index (κ2) is 7.67. The lowest BCUT2D eigenvalue weighted by Crippen LogP contribution is -2.44. The topological polar surface area (TPSA) is 43.8 Å². The lowest BCUT2D eigenvalue weighted by molar-refractivity contribution is -0.132. The van der Waals surface area contributed by atoms with Crippen molar-refractivity contribution in [3.8, 4) is 0 Å². The number of nitrogens with zero attached hydrogens (tertiary/aromatic N) is 2. The summed E-state index contributed by atoms with van der Waals surface area (Å²) in [6.07, 6.45) is 3.21. The van der Waals surface area contributed by atoms with E-state index < -0.39 is 0 Å². The first-order valence-corrected chi connectivity index (χ1v) is 6.82. The Bertz CT molecular complexity index is 227. The number of aliphatic hydroxyl groups is 1. The molecule has 4 heteroatoms. The Morgan fingerprint density at radius 1 is 1.41 bits per heavy atom. The van der Waals surface area contributed by atoms with Crippen molar-refractivity contribution in [1.82, 2.24) is 9.80 Å². The first-order valence-electron chi connectivity index (χ1n) is 6.82. The van der Waals surface area contributed by atoms with E-state index >= 15 is 0 Å². The lowest BCUT2D eigenvalue weighted by atomic mass is 9.95. The van der Waals surface area contributed by atoms with Crippen molar-refractivity contribution in [3.63, 3.8) is 0 Å². The largest absolute Gasteiger partial charge is 0.396 e. The summed E-state index contributed by atoms with van der Waals surface area (Å²) < 4.78 is 0. The Hall–Kier alpha value is -0.610. The molecule has 1 heterocycles. The van der Waals surface area contributed by atoms with Crippen LogP contribution in [0.5, 0.6) is 0 Å². The first kappa shape index (κ1) is 14.5. The van der Waals surface area contributed by atoms with E-state index in [1.807, 2.05) is 18.7 Å². The summed E-state index contributed by atoms with van der Waals surface area (Å²) >= 11 is 0. The zero-order chi connectivity index (χ0) is 12.7. The van der Waals surface area contributed by atoms with Gasteiger partial charge in [0.15, 0.2) is 0 Å². The van der Waals surface area contributed by atoms with Crippen molar-refractivity contribution in [2.45, 2.75) is 33.1 Å². The number of hydrogen-bond acceptors (Lipinski definition) is 3. The molecule has 1 N–H and O–H groups in total. The summed E-state index contributed by atoms with van der Waals surface area (Å²) in [6.45, 7) is 8.43. The minimum Gasteiger partial charge on any atom is -0.396 e. The van der Waals surface area contributed by atoms with Gasteiger partial charge < -0.3 is 10.0 Å². The zero-order valence-corrected chi connectivity index (χ0v) is 11.2. The van der Waals surface area contributed by atoms with Gasteiger partial charge in [0, 0.05) is 26.2 Å². The number of piperidine rings is 1. The minimum absolute atomic E-state index is 0.236. The smallest absolute Gasteiger partial charge is 0.236 e. The first-order chi connectivity index (χ1) is 8.21. The highest BCUT2D eigenvalue weighted by atomic mass is 16.3. The van der Waals surface area contributed by atoms with E-state index in [1.54, 1.807) is 0 Å². The van der Waals surface area contributed by atoms with Crippen LogP contribution in [0.2, 0.25) is 0 Å². The minimum atomic E-state index is 0.236. The fourth-order valence-electron chi connectivity index (χ4n) is 2.58. The van der Waals surface area contributed by atoms with E-state index in [1.165, 1.54) is 6.42 Å². The van der Waals surface area contributed by atoms with Crippen molar-refractivity contribution in [3.05, 3.63) is 0 Å². The third-order valence-corrected chi connectivity index (χ3v) is 3.62. The summed E-state index contributed by atoms with van der Waals surface area (Å²) in [5.74, 6) is 0.804. The van der Waals surface area contributed by atoms with Gasteiger partial charge in [0.1, 0.15) is 0 Å². The van der Waals surface area contributed by atoms with Crippen LogP contribution >= 0.6 is 0 Å². The van der Waals surface area contributed by atoms with E-state index in [9.17, 15) is 4.79 Å². The normalized spacial score (nSPS) is 21.5. The Kier molecular flexibility index (Phi) is 6.52. The van der Waals surface area contributed by atoms with Gasteiger partial charge >= 0.3 is 0 Å². The number of carbonyl (C=O) groups excluding carboxylic acids is 1. The Morgan fingerprint density at radius 3 is 2.71 bits per heavy atom. The number of rotatable bonds is 6. The van der Waals surface area contributed by atoms with E-state index in [4.69, 9.17) is 5.11 Å². The Morgan fingerprint density at radius 2 is 2.12 bits per heavy atom. The van der Waals surface area contributed by atoms with Crippen LogP contribution in [0.1, 0.15) is 33.1 Å². The number of aliphatic hydroxyl groups excluding tert-OH is 1. The lowest BCUT2D eigenvalue weighted by Gasteiger charge is -2.33. The molecule has 4 nitrogen and oxygen atoms in total. The SMILES string of the molecule is CCN(CC)C(=O)CN1CCCC(CCO)C1. The molecule has 1 aliphatic heterocycles. The summed E-state index contributed by atoms with van der Waals surface area (Å²) in [6, 6.07) is 0. The van der Waals surface area contributed by atoms with Gasteiger partial charge in [0.05, 0.1) is 6.54 Å². The van der Waals surface area contributed by atoms with E-state index in [0.29, 0.717) is 12.5 Å². The zero-order valence-electron chi connectivity index (χ0n) is 11.2. The van der Waals surface area contributed by atoms with Crippen molar-refractivity contribution >= 4 is 5.91 Å². The van der Waals surface area contributed by atoms with Crippen LogP contribution in [0.25, 0.3) is 0 Å². The summed E-state index contributed by atoms with van der Waals surface area (Å²) in [5.41, 5.74) is 0. The van der Waals surface area contributed by atoms with Crippen molar-refractivity contribution < 1.29 is 9.90 Å². The highest BCUT2D eigenvalue weighted by Crippen LogP contribution is 2.19. The number of hydrogen-bond donors (Lipinski definition) is 1. The molecule has 0 aliphatic carbocycles. The molecule has 0 radical (unpaired) electrons. The number of likely N-dealkylation sites (tertiary alicyclic amines) is 1. The van der Waals surface area contributed by atoms with Crippen molar-refractivity contribution in [2.75, 3.05) is 39.3 Å². The predicted octanol–water partition coefficient (Wildman–Crippen LogP) is 0.949. The molecule has 0 aromatic rings. The molecule has 0 saturated carbocycles. The van der Waals surface area contributed by atoms with Crippen LogP contribution in [0.3, 0.4) is 0 Å². The van der Waals surface area contributed by atoms with Gasteiger partial charge in [0.2, 0.25) is 5.91 Å². The van der Waals surface area contributed by atoms with Gasteiger partial charge in [-0.15, -0.1) is 0 Å². The van der Waals surface area contributed by atoms with Gasteiger partial charge in [-0.3, -0.25) is 9.69 Å². The molecule has 1 rings (SSSR count). The third-order valence-electron chi connectivity index (χ3n) is 3.62. The van der Waals surface area contributed by atoms with Crippen LogP contribution in [-0.4, -0.2) is 60.1 Å². The van der Waals surface area contributed by atoms with E-state index in [-0.39, 0.29) is 12.5 Å². The molecular formula is C13H26N2O2. The molecule has 1 saturated heterocycles. The van der Waals surface area contributed by atoms with Crippen LogP contribution in [0.15, 0.2) is 0 Å². The molecule has 1 aliphatic rings. The maximum atomic E-state index is 12.0. The van der Waals surface area contributed by atoms with Gasteiger partial charge in [-0.1, -0.05) is 0 Å². The number of amides is 1. The van der Waals surface area contributed by atoms with Crippen LogP contribution in [0.4, 0.5) is 0 Å². The molecule has 0 spiro atoms. The summed E-state index contributed by atoms with van der Waals surface area (Å²) in [5, 5.41) is 8.96. The molecule has 1 unspecified atom stereocenters. The summed E-state index contributed by atoms with van der Waals surface area (Å²) in [4.78, 5) is 16.1. The Labute approximate surface area is 105 Å². The standard InChI is InChI=1S/C13H26N2O2/c1-3-15(4-2)13(17)11-14-8-5-6-12(10-14)7-9-16/h12,16H,3-11H2,1-2H3. The van der Waals surface area contributed by atoms with Gasteiger partial charge in [-0.2, -0.15) is 0 Å². The highest BCUT2D eigenvalue weighted by molar-refractivity contribution is 5.78. The number of carbonyl (C=O) groups is 1. The highest BCUT2D eigenvalue weighted by Gasteiger charge is 2.22. The molecular weight excluding hydrogens is 216 g/mol. The fourth-order valence-corrected chi connectivity index (χ4v) is 2.58. The van der Waals surface area contributed by atoms with Gasteiger partial charge in [-0.25, -0.2) is 0 Å².